The molecule has 0 bridgehead atoms. The minimum atomic E-state index is -0.592. The smallest absolute Gasteiger partial charge is 0.276 e. The van der Waals surface area contributed by atoms with Gasteiger partial charge in [0, 0.05) is 12.2 Å². The first-order valence-electron chi connectivity index (χ1n) is 6.01. The molecule has 2 rings (SSSR count). The Bertz CT molecular complexity index is 436. The zero-order chi connectivity index (χ0) is 13.2. The van der Waals surface area contributed by atoms with E-state index in [-0.39, 0.29) is 11.2 Å². The number of aromatic nitrogens is 2. The van der Waals surface area contributed by atoms with Crippen LogP contribution in [0.3, 0.4) is 0 Å². The standard InChI is InChI=1S/C11H18N4O2S/c1-7-14-15-10(17-7)18-8-4-3-5-11(6-8,13-2)9(12)16/h8,13H,3-6H2,1-2H3,(H2,12,16). The highest BCUT2D eigenvalue weighted by atomic mass is 32.2. The van der Waals surface area contributed by atoms with Crippen molar-refractivity contribution in [3.05, 3.63) is 5.89 Å². The minimum absolute atomic E-state index is 0.276. The molecule has 1 aliphatic carbocycles. The van der Waals surface area contributed by atoms with Gasteiger partial charge >= 0.3 is 0 Å². The zero-order valence-corrected chi connectivity index (χ0v) is 11.4. The summed E-state index contributed by atoms with van der Waals surface area (Å²) in [4.78, 5) is 11.6. The zero-order valence-electron chi connectivity index (χ0n) is 10.6. The molecule has 18 heavy (non-hydrogen) atoms. The molecule has 6 nitrogen and oxygen atoms in total. The molecule has 1 fully saturated rings. The number of nitrogens with two attached hydrogens (primary N) is 1. The fourth-order valence-corrected chi connectivity index (χ4v) is 3.56. The molecule has 1 amide bonds. The number of aryl methyl sites for hydroxylation is 1. The third-order valence-corrected chi connectivity index (χ3v) is 4.53. The normalized spacial score (nSPS) is 28.2. The average molecular weight is 270 g/mol. The van der Waals surface area contributed by atoms with Gasteiger partial charge in [-0.25, -0.2) is 0 Å². The molecule has 2 unspecified atom stereocenters. The van der Waals surface area contributed by atoms with Gasteiger partial charge in [-0.05, 0) is 32.7 Å². The van der Waals surface area contributed by atoms with Crippen LogP contribution >= 0.6 is 11.8 Å². The Morgan fingerprint density at radius 3 is 2.94 bits per heavy atom. The quantitative estimate of drug-likeness (QED) is 0.842. The maximum Gasteiger partial charge on any atom is 0.276 e. The van der Waals surface area contributed by atoms with Gasteiger partial charge in [-0.2, -0.15) is 0 Å². The first-order valence-corrected chi connectivity index (χ1v) is 6.89. The van der Waals surface area contributed by atoms with Gasteiger partial charge < -0.3 is 15.5 Å². The Morgan fingerprint density at radius 2 is 2.39 bits per heavy atom. The van der Waals surface area contributed by atoms with E-state index >= 15 is 0 Å². The van der Waals surface area contributed by atoms with Crippen molar-refractivity contribution < 1.29 is 9.21 Å². The molecule has 1 heterocycles. The number of hydrogen-bond donors (Lipinski definition) is 2. The molecule has 3 N–H and O–H groups in total. The maximum atomic E-state index is 11.6. The molecule has 0 spiro atoms. The number of likely N-dealkylation sites (N-methyl/N-ethyl adjacent to an activating group) is 1. The van der Waals surface area contributed by atoms with Crippen molar-refractivity contribution in [2.24, 2.45) is 5.73 Å². The second kappa shape index (κ2) is 5.27. The molecular formula is C11H18N4O2S. The number of thioether (sulfide) groups is 1. The average Bonchev–Trinajstić information content (AvgIpc) is 2.74. The molecule has 1 saturated carbocycles. The number of rotatable bonds is 4. The number of carbonyl (C=O) groups is 1. The molecule has 1 aliphatic rings. The van der Waals surface area contributed by atoms with Crippen molar-refractivity contribution in [3.63, 3.8) is 0 Å². The van der Waals surface area contributed by atoms with Crippen LogP contribution in [0, 0.1) is 6.92 Å². The Hall–Kier alpha value is -1.08. The second-order valence-corrected chi connectivity index (χ2v) is 5.87. The number of hydrogen-bond acceptors (Lipinski definition) is 6. The molecule has 2 atom stereocenters. The highest BCUT2D eigenvalue weighted by molar-refractivity contribution is 7.99. The highest BCUT2D eigenvalue weighted by Gasteiger charge is 2.40. The summed E-state index contributed by atoms with van der Waals surface area (Å²) in [6.45, 7) is 1.76. The predicted molar refractivity (Wildman–Crippen MR) is 68.1 cm³/mol. The summed E-state index contributed by atoms with van der Waals surface area (Å²) in [5.41, 5.74) is 4.92. The van der Waals surface area contributed by atoms with E-state index in [1.165, 1.54) is 11.8 Å². The fraction of sp³-hybridized carbons (Fsp3) is 0.727. The number of primary amides is 1. The van der Waals surface area contributed by atoms with E-state index in [2.05, 4.69) is 15.5 Å². The van der Waals surface area contributed by atoms with Crippen LogP contribution in [-0.2, 0) is 4.79 Å². The van der Waals surface area contributed by atoms with Crippen molar-refractivity contribution in [2.75, 3.05) is 7.05 Å². The van der Waals surface area contributed by atoms with E-state index in [0.717, 1.165) is 19.3 Å². The lowest BCUT2D eigenvalue weighted by molar-refractivity contribution is -0.125. The third kappa shape index (κ3) is 2.67. The van der Waals surface area contributed by atoms with Gasteiger partial charge in [-0.1, -0.05) is 11.8 Å². The van der Waals surface area contributed by atoms with Gasteiger partial charge in [0.05, 0.1) is 5.54 Å². The largest absolute Gasteiger partial charge is 0.416 e. The lowest BCUT2D eigenvalue weighted by atomic mass is 9.81. The van der Waals surface area contributed by atoms with Gasteiger partial charge in [0.25, 0.3) is 5.22 Å². The predicted octanol–water partition coefficient (Wildman–Crippen LogP) is 0.856. The number of nitrogens with zero attached hydrogens (tertiary/aromatic N) is 2. The van der Waals surface area contributed by atoms with Gasteiger partial charge in [0.2, 0.25) is 11.8 Å². The number of amides is 1. The summed E-state index contributed by atoms with van der Waals surface area (Å²) < 4.78 is 5.35. The molecule has 0 radical (unpaired) electrons. The van der Waals surface area contributed by atoms with E-state index < -0.39 is 5.54 Å². The topological polar surface area (TPSA) is 94.0 Å². The van der Waals surface area contributed by atoms with Gasteiger partial charge in [0.1, 0.15) is 0 Å². The SMILES string of the molecule is CNC1(C(N)=O)CCCC(Sc2nnc(C)o2)C1. The van der Waals surface area contributed by atoms with Crippen LogP contribution in [0.5, 0.6) is 0 Å². The first-order chi connectivity index (χ1) is 8.55. The molecule has 1 aromatic heterocycles. The lowest BCUT2D eigenvalue weighted by Gasteiger charge is -2.37. The van der Waals surface area contributed by atoms with Crippen LogP contribution in [0.1, 0.15) is 31.6 Å². The summed E-state index contributed by atoms with van der Waals surface area (Å²) in [6.07, 6.45) is 3.49. The summed E-state index contributed by atoms with van der Waals surface area (Å²) in [7, 11) is 1.79. The van der Waals surface area contributed by atoms with Crippen LogP contribution in [-0.4, -0.2) is 33.9 Å². The van der Waals surface area contributed by atoms with Crippen LogP contribution < -0.4 is 11.1 Å². The fourth-order valence-electron chi connectivity index (χ4n) is 2.37. The minimum Gasteiger partial charge on any atom is -0.416 e. The Balaban J connectivity index is 2.04. The van der Waals surface area contributed by atoms with Crippen molar-refractivity contribution in [2.45, 2.75) is 48.6 Å². The molecule has 100 valence electrons. The molecular weight excluding hydrogens is 252 g/mol. The summed E-state index contributed by atoms with van der Waals surface area (Å²) in [5, 5.41) is 11.7. The molecule has 1 aromatic rings. The monoisotopic (exact) mass is 270 g/mol. The molecule has 0 aliphatic heterocycles. The van der Waals surface area contributed by atoms with Crippen LogP contribution in [0.2, 0.25) is 0 Å². The van der Waals surface area contributed by atoms with E-state index in [9.17, 15) is 4.79 Å². The van der Waals surface area contributed by atoms with Gasteiger partial charge in [-0.15, -0.1) is 10.2 Å². The second-order valence-electron chi connectivity index (χ2n) is 4.62. The Morgan fingerprint density at radius 1 is 1.61 bits per heavy atom. The summed E-state index contributed by atoms with van der Waals surface area (Å²) in [6, 6.07) is 0. The Labute approximate surface area is 110 Å². The van der Waals surface area contributed by atoms with E-state index in [4.69, 9.17) is 10.2 Å². The number of nitrogens with one attached hydrogen (secondary N) is 1. The van der Waals surface area contributed by atoms with Crippen LogP contribution in [0.25, 0.3) is 0 Å². The summed E-state index contributed by atoms with van der Waals surface area (Å²) >= 11 is 1.53. The molecule has 0 aromatic carbocycles. The molecule has 7 heteroatoms. The van der Waals surface area contributed by atoms with Crippen molar-refractivity contribution in [3.8, 4) is 0 Å². The Kier molecular flexibility index (Phi) is 3.91. The highest BCUT2D eigenvalue weighted by Crippen LogP contribution is 2.37. The van der Waals surface area contributed by atoms with Crippen molar-refractivity contribution >= 4 is 17.7 Å². The van der Waals surface area contributed by atoms with Crippen molar-refractivity contribution in [1.82, 2.24) is 15.5 Å². The van der Waals surface area contributed by atoms with E-state index in [1.807, 2.05) is 0 Å². The molecule has 0 saturated heterocycles. The van der Waals surface area contributed by atoms with E-state index in [1.54, 1.807) is 14.0 Å². The first kappa shape index (κ1) is 13.4. The maximum absolute atomic E-state index is 11.6. The van der Waals surface area contributed by atoms with Gasteiger partial charge in [0.15, 0.2) is 0 Å². The third-order valence-electron chi connectivity index (χ3n) is 3.43. The van der Waals surface area contributed by atoms with Crippen molar-refractivity contribution in [1.29, 1.82) is 0 Å². The van der Waals surface area contributed by atoms with Crippen LogP contribution in [0.15, 0.2) is 9.64 Å². The van der Waals surface area contributed by atoms with Crippen LogP contribution in [0.4, 0.5) is 0 Å². The summed E-state index contributed by atoms with van der Waals surface area (Å²) in [5.74, 6) is 0.278. The number of carbonyl (C=O) groups excluding carboxylic acids is 1. The van der Waals surface area contributed by atoms with E-state index in [0.29, 0.717) is 17.5 Å². The lowest BCUT2D eigenvalue weighted by Crippen LogP contribution is -2.57. The van der Waals surface area contributed by atoms with Gasteiger partial charge in [-0.3, -0.25) is 4.79 Å².